The zero-order valence-electron chi connectivity index (χ0n) is 24.7. The molecule has 0 unspecified atom stereocenters. The number of anilines is 2. The van der Waals surface area contributed by atoms with Crippen LogP contribution in [0.4, 0.5) is 22.7 Å². The smallest absolute Gasteiger partial charge is 0.270 e. The average molecular weight is 586 g/mol. The molecule has 2 fully saturated rings. The molecule has 0 N–H and O–H groups in total. The summed E-state index contributed by atoms with van der Waals surface area (Å²) in [7, 11) is -3.73. The zero-order chi connectivity index (χ0) is 29.6. The number of morpholine rings is 1. The van der Waals surface area contributed by atoms with Crippen molar-refractivity contribution in [3.8, 4) is 0 Å². The summed E-state index contributed by atoms with van der Waals surface area (Å²) >= 11 is 0. The lowest BCUT2D eigenvalue weighted by atomic mass is 10.1. The van der Waals surface area contributed by atoms with Gasteiger partial charge in [-0.2, -0.15) is 4.31 Å². The Morgan fingerprint density at radius 3 is 2.24 bits per heavy atom. The number of non-ortho nitro benzene ring substituents is 1. The fourth-order valence-corrected chi connectivity index (χ4v) is 7.19. The molecule has 2 aromatic carbocycles. The Kier molecular flexibility index (Phi) is 10.4. The Balaban J connectivity index is 1.76. The fraction of sp³-hybridized carbons (Fsp3) is 0.567. The number of aliphatic imine (C=N–C) groups is 1. The predicted octanol–water partition coefficient (Wildman–Crippen LogP) is 5.48. The van der Waals surface area contributed by atoms with Crippen molar-refractivity contribution in [1.82, 2.24) is 4.31 Å². The van der Waals surface area contributed by atoms with Crippen molar-refractivity contribution in [2.45, 2.75) is 51.9 Å². The lowest BCUT2D eigenvalue weighted by molar-refractivity contribution is -0.384. The van der Waals surface area contributed by atoms with Crippen molar-refractivity contribution in [1.29, 1.82) is 0 Å². The maximum atomic E-state index is 13.9. The van der Waals surface area contributed by atoms with E-state index in [4.69, 9.17) is 4.74 Å². The Hall–Kier alpha value is -3.02. The summed E-state index contributed by atoms with van der Waals surface area (Å²) in [5.74, 6) is 0.785. The summed E-state index contributed by atoms with van der Waals surface area (Å²) in [6, 6.07) is 10.1. The molecule has 41 heavy (non-hydrogen) atoms. The minimum atomic E-state index is -3.73. The van der Waals surface area contributed by atoms with E-state index in [9.17, 15) is 18.5 Å². The van der Waals surface area contributed by atoms with Gasteiger partial charge >= 0.3 is 0 Å². The number of hydrogen-bond acceptors (Lipinski definition) is 8. The molecule has 0 bridgehead atoms. The van der Waals surface area contributed by atoms with E-state index >= 15 is 0 Å². The van der Waals surface area contributed by atoms with Crippen molar-refractivity contribution < 1.29 is 18.1 Å². The lowest BCUT2D eigenvalue weighted by Gasteiger charge is -2.32. The molecule has 10 nitrogen and oxygen atoms in total. The first-order valence-corrected chi connectivity index (χ1v) is 16.0. The molecule has 2 aliphatic heterocycles. The van der Waals surface area contributed by atoms with Crippen molar-refractivity contribution in [3.05, 3.63) is 52.1 Å². The van der Waals surface area contributed by atoms with E-state index in [0.29, 0.717) is 68.2 Å². The molecule has 224 valence electrons. The van der Waals surface area contributed by atoms with Crippen LogP contribution in [0.2, 0.25) is 0 Å². The van der Waals surface area contributed by atoms with Crippen LogP contribution in [0.5, 0.6) is 0 Å². The van der Waals surface area contributed by atoms with Gasteiger partial charge in [-0.25, -0.2) is 8.42 Å². The van der Waals surface area contributed by atoms with Crippen LogP contribution in [0, 0.1) is 22.0 Å². The van der Waals surface area contributed by atoms with Crippen LogP contribution < -0.4 is 9.80 Å². The summed E-state index contributed by atoms with van der Waals surface area (Å²) in [5.41, 5.74) is 2.62. The minimum absolute atomic E-state index is 0.0136. The second-order valence-corrected chi connectivity index (χ2v) is 13.6. The second-order valence-electron chi connectivity index (χ2n) is 11.7. The van der Waals surface area contributed by atoms with E-state index in [1.807, 2.05) is 12.1 Å². The van der Waals surface area contributed by atoms with E-state index < -0.39 is 14.9 Å². The number of nitro groups is 1. The van der Waals surface area contributed by atoms with Crippen molar-refractivity contribution in [3.63, 3.8) is 0 Å². The molecule has 2 aromatic rings. The third-order valence-electron chi connectivity index (χ3n) is 7.31. The quantitative estimate of drug-likeness (QED) is 0.195. The number of piperidine rings is 1. The van der Waals surface area contributed by atoms with Crippen LogP contribution in [0.15, 0.2) is 46.3 Å². The number of sulfonamides is 1. The lowest BCUT2D eigenvalue weighted by Crippen LogP contribution is -2.39. The van der Waals surface area contributed by atoms with E-state index in [-0.39, 0.29) is 10.6 Å². The standard InChI is InChI=1S/C30H43N5O5S/c1-23(2)21-33(22-24(3)4)28-11-9-27(35(36)37)18-25(28)20-31-26-8-10-29(32-14-16-40-17-15-32)30(19-26)41(38,39)34-12-6-5-7-13-34/h8-11,18-20,23-24H,5-7,12-17,21-22H2,1-4H3. The van der Waals surface area contributed by atoms with Gasteiger partial charge in [-0.3, -0.25) is 15.1 Å². The monoisotopic (exact) mass is 585 g/mol. The first-order chi connectivity index (χ1) is 19.6. The van der Waals surface area contributed by atoms with Crippen LogP contribution >= 0.6 is 0 Å². The highest BCUT2D eigenvalue weighted by Crippen LogP contribution is 2.34. The largest absolute Gasteiger partial charge is 0.378 e. The van der Waals surface area contributed by atoms with Crippen LogP contribution in [0.25, 0.3) is 0 Å². The highest BCUT2D eigenvalue weighted by molar-refractivity contribution is 7.89. The third kappa shape index (κ3) is 7.84. The van der Waals surface area contributed by atoms with Crippen molar-refractivity contribution in [2.24, 2.45) is 16.8 Å². The van der Waals surface area contributed by atoms with E-state index in [1.54, 1.807) is 28.7 Å². The highest BCUT2D eigenvalue weighted by Gasteiger charge is 2.30. The second kappa shape index (κ2) is 13.8. The van der Waals surface area contributed by atoms with Gasteiger partial charge in [-0.15, -0.1) is 0 Å². The molecule has 4 rings (SSSR count). The van der Waals surface area contributed by atoms with Crippen LogP contribution in [0.3, 0.4) is 0 Å². The van der Waals surface area contributed by atoms with Crippen molar-refractivity contribution >= 4 is 39.0 Å². The SMILES string of the molecule is CC(C)CN(CC(C)C)c1ccc([N+](=O)[O-])cc1C=Nc1ccc(N2CCOCC2)c(S(=O)(=O)N2CCCCC2)c1. The number of nitro benzene ring substituents is 1. The Morgan fingerprint density at radius 2 is 1.63 bits per heavy atom. The van der Waals surface area contributed by atoms with Gasteiger partial charge < -0.3 is 14.5 Å². The fourth-order valence-electron chi connectivity index (χ4n) is 5.44. The number of nitrogens with zero attached hydrogens (tertiary/aromatic N) is 5. The predicted molar refractivity (Wildman–Crippen MR) is 164 cm³/mol. The summed E-state index contributed by atoms with van der Waals surface area (Å²) in [5, 5.41) is 11.6. The third-order valence-corrected chi connectivity index (χ3v) is 9.24. The van der Waals surface area contributed by atoms with E-state index in [0.717, 1.165) is 38.0 Å². The van der Waals surface area contributed by atoms with Gasteiger partial charge in [-0.05, 0) is 48.9 Å². The molecule has 0 aliphatic carbocycles. The Morgan fingerprint density at radius 1 is 0.976 bits per heavy atom. The molecule has 0 aromatic heterocycles. The molecule has 2 saturated heterocycles. The van der Waals surface area contributed by atoms with Gasteiger partial charge in [0.2, 0.25) is 10.0 Å². The van der Waals surface area contributed by atoms with Gasteiger partial charge in [-0.1, -0.05) is 34.1 Å². The summed E-state index contributed by atoms with van der Waals surface area (Å²) in [6.07, 6.45) is 4.35. The molecular weight excluding hydrogens is 542 g/mol. The number of rotatable bonds is 11. The molecule has 0 atom stereocenters. The molecule has 2 heterocycles. The normalized spacial score (nSPS) is 17.1. The number of hydrogen-bond donors (Lipinski definition) is 0. The number of benzene rings is 2. The van der Waals surface area contributed by atoms with Crippen LogP contribution in [-0.2, 0) is 14.8 Å². The van der Waals surface area contributed by atoms with E-state index in [1.165, 1.54) is 6.07 Å². The van der Waals surface area contributed by atoms with Gasteiger partial charge in [0.05, 0.1) is 29.5 Å². The Bertz CT molecular complexity index is 1320. The topological polar surface area (TPSA) is 109 Å². The van der Waals surface area contributed by atoms with Gasteiger partial charge in [0.15, 0.2) is 0 Å². The average Bonchev–Trinajstić information content (AvgIpc) is 2.96. The van der Waals surface area contributed by atoms with Crippen molar-refractivity contribution in [2.75, 3.05) is 62.3 Å². The zero-order valence-corrected chi connectivity index (χ0v) is 25.5. The summed E-state index contributed by atoms with van der Waals surface area (Å²) in [4.78, 5) is 20.4. The maximum Gasteiger partial charge on any atom is 0.270 e. The van der Waals surface area contributed by atoms with Gasteiger partial charge in [0.25, 0.3) is 5.69 Å². The molecule has 2 aliphatic rings. The number of ether oxygens (including phenoxy) is 1. The summed E-state index contributed by atoms with van der Waals surface area (Å²) < 4.78 is 34.8. The molecular formula is C30H43N5O5S. The molecule has 0 saturated carbocycles. The molecule has 0 amide bonds. The first-order valence-electron chi connectivity index (χ1n) is 14.6. The molecule has 0 radical (unpaired) electrons. The van der Waals surface area contributed by atoms with Crippen LogP contribution in [0.1, 0.15) is 52.5 Å². The van der Waals surface area contributed by atoms with E-state index in [2.05, 4.69) is 42.5 Å². The van der Waals surface area contributed by atoms with Gasteiger partial charge in [0.1, 0.15) is 4.90 Å². The Labute approximate surface area is 244 Å². The minimum Gasteiger partial charge on any atom is -0.378 e. The highest BCUT2D eigenvalue weighted by atomic mass is 32.2. The van der Waals surface area contributed by atoms with Crippen LogP contribution in [-0.4, -0.2) is 76.3 Å². The maximum absolute atomic E-state index is 13.9. The first kappa shape index (κ1) is 30.9. The molecule has 11 heteroatoms. The van der Waals surface area contributed by atoms with Gasteiger partial charge in [0, 0.05) is 68.9 Å². The summed E-state index contributed by atoms with van der Waals surface area (Å²) in [6.45, 7) is 13.5. The molecule has 0 spiro atoms.